The molecule has 0 aliphatic carbocycles. The Hall–Kier alpha value is -5.63. The zero-order valence-electron chi connectivity index (χ0n) is 25.2. The first kappa shape index (κ1) is 27.9. The second kappa shape index (κ2) is 11.7. The quantitative estimate of drug-likeness (QED) is 0.177. The van der Waals surface area contributed by atoms with Crippen molar-refractivity contribution in [3.63, 3.8) is 0 Å². The van der Waals surface area contributed by atoms with Crippen molar-refractivity contribution in [2.24, 2.45) is 0 Å². The predicted octanol–water partition coefficient (Wildman–Crippen LogP) is 8.05. The summed E-state index contributed by atoms with van der Waals surface area (Å²) in [6, 6.07) is 67.9. The molecule has 216 valence electrons. The van der Waals surface area contributed by atoms with Crippen LogP contribution in [0.5, 0.6) is 0 Å². The van der Waals surface area contributed by atoms with Gasteiger partial charge in [0.05, 0.1) is 0 Å². The van der Waals surface area contributed by atoms with E-state index in [4.69, 9.17) is 0 Å². The topological polar surface area (TPSA) is 27.0 Å². The fourth-order valence-electron chi connectivity index (χ4n) is 7.27. The molecule has 8 rings (SSSR count). The molecular weight excluding hydrogens is 617 g/mol. The number of hydrogen-bond donors (Lipinski definition) is 0. The molecule has 0 atom stereocenters. The molecule has 0 unspecified atom stereocenters. The number of fused-ring (bicyclic) bond motifs is 2. The van der Waals surface area contributed by atoms with Crippen molar-refractivity contribution >= 4 is 47.9 Å². The van der Waals surface area contributed by atoms with E-state index >= 15 is 0 Å². The van der Waals surface area contributed by atoms with Crippen LogP contribution in [0, 0.1) is 11.3 Å². The van der Waals surface area contributed by atoms with Gasteiger partial charge in [-0.1, -0.05) is 0 Å². The minimum absolute atomic E-state index is 0.639. The number of nitrogens with zero attached hydrogens (tertiary/aromatic N) is 2. The summed E-state index contributed by atoms with van der Waals surface area (Å²) < 4.78 is 5.58. The molecule has 7 aromatic rings. The molecule has 2 nitrogen and oxygen atoms in total. The third kappa shape index (κ3) is 4.40. The summed E-state index contributed by atoms with van der Waals surface area (Å²) in [4.78, 5) is 2.48. The van der Waals surface area contributed by atoms with E-state index in [9.17, 15) is 5.26 Å². The van der Waals surface area contributed by atoms with E-state index in [2.05, 4.69) is 181 Å². The van der Waals surface area contributed by atoms with Crippen LogP contribution in [0.15, 0.2) is 182 Å². The van der Waals surface area contributed by atoms with Gasteiger partial charge in [-0.3, -0.25) is 0 Å². The summed E-state index contributed by atoms with van der Waals surface area (Å²) in [5.41, 5.74) is 8.30. The van der Waals surface area contributed by atoms with E-state index in [0.29, 0.717) is 5.56 Å². The molecule has 0 spiro atoms. The van der Waals surface area contributed by atoms with Crippen molar-refractivity contribution in [1.82, 2.24) is 0 Å². The van der Waals surface area contributed by atoms with Gasteiger partial charge in [0.1, 0.15) is 0 Å². The SMILES string of the molecule is N#Cc1cc(-c2ccccc2)c(N2c3cccc[c]3[Ge]([c]3ccccc3)([c]3ccccc3)[c]3ccccc32)c(-c2ccccc2)c1. The molecule has 0 amide bonds. The van der Waals surface area contributed by atoms with Crippen LogP contribution in [0.25, 0.3) is 22.3 Å². The van der Waals surface area contributed by atoms with Crippen molar-refractivity contribution in [2.45, 2.75) is 0 Å². The van der Waals surface area contributed by atoms with E-state index in [-0.39, 0.29) is 0 Å². The summed E-state index contributed by atoms with van der Waals surface area (Å²) >= 11 is -3.53. The Morgan fingerprint density at radius 3 is 1.22 bits per heavy atom. The molecule has 0 aromatic heterocycles. The maximum absolute atomic E-state index is 10.3. The zero-order chi connectivity index (χ0) is 30.9. The van der Waals surface area contributed by atoms with Gasteiger partial charge in [0.25, 0.3) is 0 Å². The Labute approximate surface area is 272 Å². The van der Waals surface area contributed by atoms with Crippen LogP contribution in [-0.2, 0) is 0 Å². The fraction of sp³-hybridized carbons (Fsp3) is 0. The maximum atomic E-state index is 10.3. The van der Waals surface area contributed by atoms with E-state index < -0.39 is 13.3 Å². The first-order valence-corrected chi connectivity index (χ1v) is 19.8. The van der Waals surface area contributed by atoms with E-state index in [0.717, 1.165) is 27.9 Å². The van der Waals surface area contributed by atoms with Gasteiger partial charge in [-0.15, -0.1) is 0 Å². The van der Waals surface area contributed by atoms with Crippen LogP contribution in [0.1, 0.15) is 5.56 Å². The predicted molar refractivity (Wildman–Crippen MR) is 194 cm³/mol. The molecule has 1 aliphatic heterocycles. The Morgan fingerprint density at radius 1 is 0.435 bits per heavy atom. The monoisotopic (exact) mass is 648 g/mol. The second-order valence-electron chi connectivity index (χ2n) is 11.6. The summed E-state index contributed by atoms with van der Waals surface area (Å²) in [6.45, 7) is 0. The van der Waals surface area contributed by atoms with Crippen LogP contribution in [-0.4, -0.2) is 13.3 Å². The molecule has 1 aliphatic rings. The van der Waals surface area contributed by atoms with Crippen molar-refractivity contribution in [3.8, 4) is 28.3 Å². The molecule has 0 N–H and O–H groups in total. The summed E-state index contributed by atoms with van der Waals surface area (Å²) in [7, 11) is 0. The first-order chi connectivity index (χ1) is 22.8. The first-order valence-electron chi connectivity index (χ1n) is 15.6. The number of rotatable bonds is 5. The average molecular weight is 647 g/mol. The molecule has 0 bridgehead atoms. The van der Waals surface area contributed by atoms with Gasteiger partial charge in [-0.25, -0.2) is 0 Å². The second-order valence-corrected chi connectivity index (χ2v) is 19.4. The van der Waals surface area contributed by atoms with Gasteiger partial charge >= 0.3 is 274 Å². The standard InChI is InChI=1S/C43H30GeN2/c45-31-32-29-37(33-17-5-1-6-18-33)43(38(30-32)34-19-7-2-8-20-34)46-41-27-15-13-25-39(41)44(35-21-9-3-10-22-35,36-23-11-4-12-24-36)40-26-14-16-28-42(40)46/h1-30H. The zero-order valence-corrected chi connectivity index (χ0v) is 27.3. The van der Waals surface area contributed by atoms with Crippen LogP contribution in [0.3, 0.4) is 0 Å². The Morgan fingerprint density at radius 2 is 0.804 bits per heavy atom. The van der Waals surface area contributed by atoms with Crippen molar-refractivity contribution in [3.05, 3.63) is 188 Å². The van der Waals surface area contributed by atoms with E-state index in [1.807, 2.05) is 12.1 Å². The summed E-state index contributed by atoms with van der Waals surface area (Å²) in [5.74, 6) is 0. The van der Waals surface area contributed by atoms with Crippen LogP contribution < -0.4 is 22.5 Å². The van der Waals surface area contributed by atoms with Crippen LogP contribution in [0.2, 0.25) is 0 Å². The molecule has 0 fully saturated rings. The molecule has 3 heteroatoms. The molecule has 0 radical (unpaired) electrons. The van der Waals surface area contributed by atoms with Crippen molar-refractivity contribution in [2.75, 3.05) is 4.90 Å². The van der Waals surface area contributed by atoms with Gasteiger partial charge in [0.2, 0.25) is 0 Å². The van der Waals surface area contributed by atoms with Crippen molar-refractivity contribution in [1.29, 1.82) is 5.26 Å². The molecule has 0 saturated heterocycles. The fourth-order valence-corrected chi connectivity index (χ4v) is 18.0. The van der Waals surface area contributed by atoms with E-state index in [1.165, 1.54) is 29.0 Å². The Balaban J connectivity index is 1.54. The third-order valence-corrected chi connectivity index (χ3v) is 19.3. The molecule has 7 aromatic carbocycles. The number of hydrogen-bond acceptors (Lipinski definition) is 2. The normalized spacial score (nSPS) is 12.9. The van der Waals surface area contributed by atoms with Crippen LogP contribution in [0.4, 0.5) is 17.1 Å². The molecule has 1 heterocycles. The van der Waals surface area contributed by atoms with E-state index in [1.54, 1.807) is 0 Å². The summed E-state index contributed by atoms with van der Waals surface area (Å²) in [6.07, 6.45) is 0. The molecule has 46 heavy (non-hydrogen) atoms. The third-order valence-electron chi connectivity index (χ3n) is 9.14. The number of para-hydroxylation sites is 2. The summed E-state index contributed by atoms with van der Waals surface area (Å²) in [5, 5.41) is 10.3. The van der Waals surface area contributed by atoms with Crippen molar-refractivity contribution < 1.29 is 0 Å². The minimum atomic E-state index is -3.53. The van der Waals surface area contributed by atoms with Gasteiger partial charge in [-0.2, -0.15) is 0 Å². The van der Waals surface area contributed by atoms with Gasteiger partial charge in [0, 0.05) is 0 Å². The number of anilines is 3. The Bertz CT molecular complexity index is 2060. The van der Waals surface area contributed by atoms with Crippen LogP contribution >= 0.6 is 0 Å². The number of benzene rings is 7. The van der Waals surface area contributed by atoms with Gasteiger partial charge in [0.15, 0.2) is 0 Å². The molecular formula is C43H30GeN2. The average Bonchev–Trinajstić information content (AvgIpc) is 3.15. The number of nitriles is 1. The van der Waals surface area contributed by atoms with Gasteiger partial charge < -0.3 is 0 Å². The Kier molecular flexibility index (Phi) is 7.10. The molecule has 0 saturated carbocycles. The van der Waals surface area contributed by atoms with Gasteiger partial charge in [-0.05, 0) is 0 Å².